The Morgan fingerprint density at radius 1 is 1.19 bits per heavy atom. The maximum Gasteiger partial charge on any atom is 0.339 e. The van der Waals surface area contributed by atoms with Gasteiger partial charge >= 0.3 is 5.97 Å². The zero-order valence-corrected chi connectivity index (χ0v) is 14.6. The molecule has 0 spiro atoms. The molecule has 1 aliphatic rings. The summed E-state index contributed by atoms with van der Waals surface area (Å²) in [6.07, 6.45) is -0.509. The van der Waals surface area contributed by atoms with Gasteiger partial charge in [-0.2, -0.15) is 0 Å². The molecule has 3 rings (SSSR count). The highest BCUT2D eigenvalue weighted by atomic mass is 19.3. The van der Waals surface area contributed by atoms with E-state index in [9.17, 15) is 18.0 Å². The number of alkyl halides is 2. The number of esters is 1. The normalized spacial score (nSPS) is 16.4. The third-order valence-electron chi connectivity index (χ3n) is 4.55. The standard InChI is InChI=1S/C19H19F3N2O2/c1-12-15(18(25)26-2)11-16(13-3-5-14(20)6-4-13)17(23-12)24-9-7-19(21,22)8-10-24/h3-6,11H,7-10H2,1-2H3. The summed E-state index contributed by atoms with van der Waals surface area (Å²) < 4.78 is 45.1. The number of aryl methyl sites for hydroxylation is 1. The number of benzene rings is 1. The summed E-state index contributed by atoms with van der Waals surface area (Å²) in [6.45, 7) is 1.99. The second-order valence-electron chi connectivity index (χ2n) is 6.33. The van der Waals surface area contributed by atoms with Crippen LogP contribution in [0.3, 0.4) is 0 Å². The van der Waals surface area contributed by atoms with E-state index in [1.807, 2.05) is 0 Å². The van der Waals surface area contributed by atoms with Crippen LogP contribution in [0.15, 0.2) is 30.3 Å². The lowest BCUT2D eigenvalue weighted by Crippen LogP contribution is -2.40. The Bertz CT molecular complexity index is 812. The van der Waals surface area contributed by atoms with Crippen LogP contribution in [0.1, 0.15) is 28.9 Å². The van der Waals surface area contributed by atoms with E-state index < -0.39 is 11.9 Å². The first kappa shape index (κ1) is 18.2. The Balaban J connectivity index is 2.09. The molecule has 0 amide bonds. The average Bonchev–Trinajstić information content (AvgIpc) is 2.62. The average molecular weight is 364 g/mol. The minimum absolute atomic E-state index is 0.158. The number of rotatable bonds is 3. The minimum atomic E-state index is -2.67. The molecular weight excluding hydrogens is 345 g/mol. The summed E-state index contributed by atoms with van der Waals surface area (Å²) in [4.78, 5) is 18.3. The van der Waals surface area contributed by atoms with Crippen LogP contribution in [-0.4, -0.2) is 37.1 Å². The number of anilines is 1. The zero-order chi connectivity index (χ0) is 18.9. The van der Waals surface area contributed by atoms with Gasteiger partial charge in [0.05, 0.1) is 18.4 Å². The molecule has 0 atom stereocenters. The number of ether oxygens (including phenoxy) is 1. The molecule has 1 aromatic heterocycles. The van der Waals surface area contributed by atoms with Crippen molar-refractivity contribution in [1.29, 1.82) is 0 Å². The number of carbonyl (C=O) groups is 1. The second kappa shape index (κ2) is 6.97. The SMILES string of the molecule is COC(=O)c1cc(-c2ccc(F)cc2)c(N2CCC(F)(F)CC2)nc1C. The van der Waals surface area contributed by atoms with Crippen molar-refractivity contribution in [3.05, 3.63) is 47.4 Å². The molecule has 1 aromatic carbocycles. The lowest BCUT2D eigenvalue weighted by atomic mass is 10.0. The first-order chi connectivity index (χ1) is 12.3. The van der Waals surface area contributed by atoms with Crippen LogP contribution in [0.5, 0.6) is 0 Å². The summed E-state index contributed by atoms with van der Waals surface area (Å²) >= 11 is 0. The highest BCUT2D eigenvalue weighted by Gasteiger charge is 2.35. The van der Waals surface area contributed by atoms with Gasteiger partial charge in [0.15, 0.2) is 0 Å². The van der Waals surface area contributed by atoms with Crippen molar-refractivity contribution in [2.24, 2.45) is 0 Å². The molecule has 1 aliphatic heterocycles. The van der Waals surface area contributed by atoms with Crippen LogP contribution in [-0.2, 0) is 4.74 Å². The summed E-state index contributed by atoms with van der Waals surface area (Å²) in [5.41, 5.74) is 1.98. The van der Waals surface area contributed by atoms with Gasteiger partial charge in [-0.15, -0.1) is 0 Å². The summed E-state index contributed by atoms with van der Waals surface area (Å²) in [7, 11) is 1.28. The fraction of sp³-hybridized carbons (Fsp3) is 0.368. The Morgan fingerprint density at radius 3 is 2.38 bits per heavy atom. The number of piperidine rings is 1. The van der Waals surface area contributed by atoms with Crippen LogP contribution in [0, 0.1) is 12.7 Å². The predicted octanol–water partition coefficient (Wildman–Crippen LogP) is 4.22. The van der Waals surface area contributed by atoms with E-state index >= 15 is 0 Å². The third-order valence-corrected chi connectivity index (χ3v) is 4.55. The van der Waals surface area contributed by atoms with Crippen molar-refractivity contribution < 1.29 is 22.7 Å². The minimum Gasteiger partial charge on any atom is -0.465 e. The smallest absolute Gasteiger partial charge is 0.339 e. The van der Waals surface area contributed by atoms with E-state index in [0.29, 0.717) is 22.6 Å². The number of hydrogen-bond donors (Lipinski definition) is 0. The van der Waals surface area contributed by atoms with Gasteiger partial charge in [-0.1, -0.05) is 12.1 Å². The van der Waals surface area contributed by atoms with Crippen molar-refractivity contribution >= 4 is 11.8 Å². The zero-order valence-electron chi connectivity index (χ0n) is 14.6. The maximum atomic E-state index is 13.5. The van der Waals surface area contributed by atoms with Gasteiger partial charge in [0.2, 0.25) is 0 Å². The molecule has 26 heavy (non-hydrogen) atoms. The Morgan fingerprint density at radius 2 is 1.81 bits per heavy atom. The van der Waals surface area contributed by atoms with Gasteiger partial charge < -0.3 is 9.64 Å². The van der Waals surface area contributed by atoms with Gasteiger partial charge in [0.1, 0.15) is 11.6 Å². The van der Waals surface area contributed by atoms with Crippen LogP contribution >= 0.6 is 0 Å². The third kappa shape index (κ3) is 3.66. The lowest BCUT2D eigenvalue weighted by molar-refractivity contribution is -0.0221. The first-order valence-electron chi connectivity index (χ1n) is 8.29. The van der Waals surface area contributed by atoms with Gasteiger partial charge in [-0.3, -0.25) is 0 Å². The Kier molecular flexibility index (Phi) is 4.89. The molecule has 1 fully saturated rings. The lowest BCUT2D eigenvalue weighted by Gasteiger charge is -2.34. The fourth-order valence-corrected chi connectivity index (χ4v) is 3.04. The van der Waals surface area contributed by atoms with Crippen molar-refractivity contribution in [2.75, 3.05) is 25.1 Å². The van der Waals surface area contributed by atoms with Gasteiger partial charge in [0, 0.05) is 31.5 Å². The van der Waals surface area contributed by atoms with Crippen LogP contribution in [0.2, 0.25) is 0 Å². The number of aromatic nitrogens is 1. The summed E-state index contributed by atoms with van der Waals surface area (Å²) in [5.74, 6) is -3.08. The molecule has 4 nitrogen and oxygen atoms in total. The number of pyridine rings is 1. The molecule has 0 N–H and O–H groups in total. The second-order valence-corrected chi connectivity index (χ2v) is 6.33. The fourth-order valence-electron chi connectivity index (χ4n) is 3.04. The molecule has 138 valence electrons. The maximum absolute atomic E-state index is 13.5. The molecule has 1 saturated heterocycles. The van der Waals surface area contributed by atoms with Crippen molar-refractivity contribution in [2.45, 2.75) is 25.7 Å². The Hall–Kier alpha value is -2.57. The van der Waals surface area contributed by atoms with E-state index in [1.165, 1.54) is 19.2 Å². The summed E-state index contributed by atoms with van der Waals surface area (Å²) in [6, 6.07) is 7.39. The van der Waals surface area contributed by atoms with Crippen LogP contribution in [0.25, 0.3) is 11.1 Å². The molecule has 0 unspecified atom stereocenters. The molecule has 2 aromatic rings. The molecule has 0 aliphatic carbocycles. The number of carbonyl (C=O) groups excluding carboxylic acids is 1. The number of halogens is 3. The largest absolute Gasteiger partial charge is 0.465 e. The molecule has 0 bridgehead atoms. The molecule has 0 radical (unpaired) electrons. The van der Waals surface area contributed by atoms with Crippen molar-refractivity contribution in [3.8, 4) is 11.1 Å². The Labute approximate surface area is 149 Å². The predicted molar refractivity (Wildman–Crippen MR) is 92.1 cm³/mol. The van der Waals surface area contributed by atoms with Crippen LogP contribution in [0.4, 0.5) is 19.0 Å². The number of hydrogen-bond acceptors (Lipinski definition) is 4. The van der Waals surface area contributed by atoms with Gasteiger partial charge in [-0.05, 0) is 30.7 Å². The highest BCUT2D eigenvalue weighted by molar-refractivity contribution is 5.93. The number of nitrogens with zero attached hydrogens (tertiary/aromatic N) is 2. The topological polar surface area (TPSA) is 42.4 Å². The van der Waals surface area contributed by atoms with E-state index in [0.717, 1.165) is 0 Å². The van der Waals surface area contributed by atoms with Crippen molar-refractivity contribution in [1.82, 2.24) is 4.98 Å². The van der Waals surface area contributed by atoms with E-state index in [-0.39, 0.29) is 37.3 Å². The molecule has 2 heterocycles. The van der Waals surface area contributed by atoms with Crippen molar-refractivity contribution in [3.63, 3.8) is 0 Å². The van der Waals surface area contributed by atoms with E-state index in [1.54, 1.807) is 30.0 Å². The highest BCUT2D eigenvalue weighted by Crippen LogP contribution is 2.36. The first-order valence-corrected chi connectivity index (χ1v) is 8.29. The van der Waals surface area contributed by atoms with Crippen LogP contribution < -0.4 is 4.90 Å². The summed E-state index contributed by atoms with van der Waals surface area (Å²) in [5, 5.41) is 0. The van der Waals surface area contributed by atoms with E-state index in [4.69, 9.17) is 4.74 Å². The molecule has 0 saturated carbocycles. The van der Waals surface area contributed by atoms with Gasteiger partial charge in [-0.25, -0.2) is 22.9 Å². The van der Waals surface area contributed by atoms with Gasteiger partial charge in [0.25, 0.3) is 5.92 Å². The number of methoxy groups -OCH3 is 1. The quantitative estimate of drug-likeness (QED) is 0.765. The van der Waals surface area contributed by atoms with E-state index in [2.05, 4.69) is 4.98 Å². The molecule has 7 heteroatoms. The molecular formula is C19H19F3N2O2. The monoisotopic (exact) mass is 364 g/mol.